The van der Waals surface area contributed by atoms with Gasteiger partial charge in [-0.25, -0.2) is 27.9 Å². The Hall–Kier alpha value is -5.69. The summed E-state index contributed by atoms with van der Waals surface area (Å²) in [6, 6.07) is 7.78. The summed E-state index contributed by atoms with van der Waals surface area (Å²) in [5.74, 6) is -2.83. The number of carbonyl (C=O) groups is 5. The van der Waals surface area contributed by atoms with Gasteiger partial charge >= 0.3 is 18.2 Å². The number of benzene rings is 2. The highest BCUT2D eigenvalue weighted by atomic mass is 32.2. The normalized spacial score (nSPS) is 16.8. The molecule has 18 nitrogen and oxygen atoms in total. The standard InChI is InChI=1S/C25H23N7O11S/c33-18-8-14-16(9-19(18)34)26-10-15(20(14)35)21(36)28-31-6-7-32(25(31)40)44(41)43-29-23(38)30-11-17(22(30)37)27-24(39)42-12-13-4-2-1-3-5-13/h1-5,8-10,17,33-34H,6-7,11-12H2,(H,26,35)(H,27,39)(H,28,36)(H,29,38). The summed E-state index contributed by atoms with van der Waals surface area (Å²) in [5, 5.41) is 22.3. The quantitative estimate of drug-likeness (QED) is 0.107. The highest BCUT2D eigenvalue weighted by molar-refractivity contribution is 7.78. The van der Waals surface area contributed by atoms with Gasteiger partial charge in [-0.3, -0.25) is 24.7 Å². The number of nitrogens with one attached hydrogen (secondary N) is 4. The zero-order valence-electron chi connectivity index (χ0n) is 22.3. The second kappa shape index (κ2) is 12.3. The van der Waals surface area contributed by atoms with Gasteiger partial charge in [0, 0.05) is 12.3 Å². The molecule has 0 spiro atoms. The van der Waals surface area contributed by atoms with Crippen molar-refractivity contribution >= 4 is 52.1 Å². The zero-order valence-corrected chi connectivity index (χ0v) is 23.2. The van der Waals surface area contributed by atoms with Gasteiger partial charge in [0.1, 0.15) is 18.2 Å². The van der Waals surface area contributed by atoms with E-state index in [0.29, 0.717) is 9.21 Å². The first-order valence-electron chi connectivity index (χ1n) is 12.7. The SMILES string of the molecule is O=C(NC1CN(C(=O)NOS(=O)N2CCN(NC(=O)c3c[nH]c4cc(O)c(O)cc4c3=O)C2=O)C1=O)OCc1ccccc1. The first-order chi connectivity index (χ1) is 21.0. The van der Waals surface area contributed by atoms with Crippen LogP contribution < -0.4 is 21.7 Å². The molecule has 2 aromatic carbocycles. The fraction of sp³-hybridized carbons (Fsp3) is 0.200. The monoisotopic (exact) mass is 629 g/mol. The van der Waals surface area contributed by atoms with Gasteiger partial charge in [0.05, 0.1) is 30.5 Å². The highest BCUT2D eigenvalue weighted by Crippen LogP contribution is 2.27. The molecule has 0 aliphatic carbocycles. The number of β-lactam (4-membered cyclic amide) rings is 1. The van der Waals surface area contributed by atoms with Gasteiger partial charge in [-0.2, -0.15) is 9.76 Å². The summed E-state index contributed by atoms with van der Waals surface area (Å²) >= 11 is -2.59. The third-order valence-corrected chi connectivity index (χ3v) is 7.41. The summed E-state index contributed by atoms with van der Waals surface area (Å²) in [4.78, 5) is 77.9. The number of amides is 7. The summed E-state index contributed by atoms with van der Waals surface area (Å²) in [6.07, 6.45) is 0.190. The minimum atomic E-state index is -2.59. The average Bonchev–Trinajstić information content (AvgIpc) is 3.37. The van der Waals surface area contributed by atoms with E-state index < -0.39 is 69.8 Å². The number of fused-ring (bicyclic) bond motifs is 1. The van der Waals surface area contributed by atoms with Crippen LogP contribution in [0.4, 0.5) is 14.4 Å². The number of hydrogen-bond acceptors (Lipinski definition) is 11. The van der Waals surface area contributed by atoms with Crippen LogP contribution in [0.3, 0.4) is 0 Å². The molecule has 2 atom stereocenters. The molecule has 19 heteroatoms. The van der Waals surface area contributed by atoms with Crippen LogP contribution in [0.1, 0.15) is 15.9 Å². The molecular weight excluding hydrogens is 606 g/mol. The number of alkyl carbamates (subject to hydrolysis) is 1. The number of phenols is 2. The number of nitrogens with zero attached hydrogens (tertiary/aromatic N) is 3. The van der Waals surface area contributed by atoms with Crippen molar-refractivity contribution in [2.45, 2.75) is 12.6 Å². The van der Waals surface area contributed by atoms with Gasteiger partial charge in [-0.1, -0.05) is 30.3 Å². The lowest BCUT2D eigenvalue weighted by atomic mass is 10.1. The topological polar surface area (TPSA) is 240 Å². The first kappa shape index (κ1) is 29.8. The van der Waals surface area contributed by atoms with E-state index in [4.69, 9.17) is 9.02 Å². The van der Waals surface area contributed by atoms with Crippen molar-refractivity contribution in [3.05, 3.63) is 70.0 Å². The number of hydroxylamine groups is 1. The lowest BCUT2D eigenvalue weighted by Gasteiger charge is -2.36. The molecule has 3 heterocycles. The van der Waals surface area contributed by atoms with Crippen LogP contribution in [-0.4, -0.2) is 89.3 Å². The van der Waals surface area contributed by atoms with Crippen LogP contribution in [0.5, 0.6) is 11.5 Å². The molecule has 2 fully saturated rings. The maximum Gasteiger partial charge on any atom is 0.408 e. The molecule has 0 saturated carbocycles. The third kappa shape index (κ3) is 6.08. The number of aromatic nitrogens is 1. The number of H-pyrrole nitrogens is 1. The summed E-state index contributed by atoms with van der Waals surface area (Å²) in [5.41, 5.74) is 3.65. The average molecular weight is 630 g/mol. The van der Waals surface area contributed by atoms with Gasteiger partial charge in [0.2, 0.25) is 5.43 Å². The fourth-order valence-corrected chi connectivity index (χ4v) is 4.84. The summed E-state index contributed by atoms with van der Waals surface area (Å²) in [6.45, 7) is -0.639. The molecule has 5 rings (SSSR count). The second-order valence-electron chi connectivity index (χ2n) is 9.31. The van der Waals surface area contributed by atoms with E-state index in [1.54, 1.807) is 35.8 Å². The lowest BCUT2D eigenvalue weighted by Crippen LogP contribution is -2.67. The van der Waals surface area contributed by atoms with Crippen molar-refractivity contribution in [2.24, 2.45) is 0 Å². The third-order valence-electron chi connectivity index (χ3n) is 6.49. The van der Waals surface area contributed by atoms with Gasteiger partial charge in [0.25, 0.3) is 23.1 Å². The molecule has 6 N–H and O–H groups in total. The smallest absolute Gasteiger partial charge is 0.408 e. The van der Waals surface area contributed by atoms with E-state index in [2.05, 4.69) is 15.7 Å². The Morgan fingerprint density at radius 1 is 1.05 bits per heavy atom. The van der Waals surface area contributed by atoms with Crippen LogP contribution in [0.15, 0.2) is 53.5 Å². The molecule has 7 amide bonds. The molecule has 0 radical (unpaired) electrons. The molecule has 0 bridgehead atoms. The Labute approximate surface area is 248 Å². The molecule has 2 aliphatic heterocycles. The molecule has 2 saturated heterocycles. The molecule has 3 aromatic rings. The van der Waals surface area contributed by atoms with E-state index >= 15 is 0 Å². The number of hydrazine groups is 1. The van der Waals surface area contributed by atoms with E-state index in [9.17, 15) is 43.2 Å². The predicted molar refractivity (Wildman–Crippen MR) is 147 cm³/mol. The van der Waals surface area contributed by atoms with Gasteiger partial charge < -0.3 is 25.3 Å². The first-order valence-corrected chi connectivity index (χ1v) is 13.7. The number of likely N-dealkylation sites (tertiary alicyclic amines) is 1. The van der Waals surface area contributed by atoms with Crippen molar-refractivity contribution in [3.63, 3.8) is 0 Å². The Balaban J connectivity index is 1.07. The number of hydrogen-bond donors (Lipinski definition) is 6. The van der Waals surface area contributed by atoms with Crippen LogP contribution in [0.25, 0.3) is 10.9 Å². The fourth-order valence-electron chi connectivity index (χ4n) is 4.15. The molecule has 44 heavy (non-hydrogen) atoms. The van der Waals surface area contributed by atoms with Gasteiger partial charge in [-0.05, 0) is 11.6 Å². The van der Waals surface area contributed by atoms with Gasteiger partial charge in [0.15, 0.2) is 11.5 Å². The minimum Gasteiger partial charge on any atom is -0.504 e. The molecular formula is C25H23N7O11S. The number of aromatic amines is 1. The Kier molecular flexibility index (Phi) is 8.31. The highest BCUT2D eigenvalue weighted by Gasteiger charge is 2.43. The van der Waals surface area contributed by atoms with Crippen molar-refractivity contribution in [2.75, 3.05) is 19.6 Å². The van der Waals surface area contributed by atoms with Crippen molar-refractivity contribution < 1.29 is 47.4 Å². The van der Waals surface area contributed by atoms with E-state index in [1.807, 2.05) is 0 Å². The van der Waals surface area contributed by atoms with Crippen molar-refractivity contribution in [1.29, 1.82) is 0 Å². The van der Waals surface area contributed by atoms with Gasteiger partial charge in [-0.15, -0.1) is 0 Å². The molecule has 1 aromatic heterocycles. The van der Waals surface area contributed by atoms with Crippen molar-refractivity contribution in [1.82, 2.24) is 35.4 Å². The second-order valence-corrected chi connectivity index (χ2v) is 10.4. The summed E-state index contributed by atoms with van der Waals surface area (Å²) in [7, 11) is 0. The number of pyridine rings is 1. The van der Waals surface area contributed by atoms with Crippen molar-refractivity contribution in [3.8, 4) is 11.5 Å². The number of urea groups is 2. The van der Waals surface area contributed by atoms with Crippen LogP contribution in [0.2, 0.25) is 0 Å². The number of aromatic hydroxyl groups is 2. The number of imide groups is 1. The number of ether oxygens (including phenoxy) is 1. The number of rotatable bonds is 8. The van der Waals surface area contributed by atoms with Crippen LogP contribution in [-0.2, 0) is 31.7 Å². The molecule has 230 valence electrons. The number of phenolic OH excluding ortho intramolecular Hbond substituents is 2. The Bertz CT molecular complexity index is 1750. The Morgan fingerprint density at radius 2 is 1.77 bits per heavy atom. The number of carbonyl (C=O) groups excluding carboxylic acids is 5. The molecule has 2 unspecified atom stereocenters. The van der Waals surface area contributed by atoms with E-state index in [-0.39, 0.29) is 37.1 Å². The van der Waals surface area contributed by atoms with Crippen LogP contribution >= 0.6 is 0 Å². The maximum atomic E-state index is 12.7. The zero-order chi connectivity index (χ0) is 31.5. The Morgan fingerprint density at radius 3 is 2.50 bits per heavy atom. The molecule has 2 aliphatic rings. The van der Waals surface area contributed by atoms with Crippen LogP contribution in [0, 0.1) is 0 Å². The largest absolute Gasteiger partial charge is 0.504 e. The van der Waals surface area contributed by atoms with E-state index in [0.717, 1.165) is 28.9 Å². The summed E-state index contributed by atoms with van der Waals surface area (Å²) < 4.78 is 22.9. The maximum absolute atomic E-state index is 12.7. The minimum absolute atomic E-state index is 0.0208. The lowest BCUT2D eigenvalue weighted by molar-refractivity contribution is -0.139. The predicted octanol–water partition coefficient (Wildman–Crippen LogP) is -0.321. The van der Waals surface area contributed by atoms with E-state index in [1.165, 1.54) is 0 Å².